The highest BCUT2D eigenvalue weighted by Crippen LogP contribution is 2.39. The molecule has 1 aromatic rings. The third kappa shape index (κ3) is 2.86. The molecular formula is C14H20BrN. The van der Waals surface area contributed by atoms with Crippen molar-refractivity contribution in [3.63, 3.8) is 0 Å². The number of halogens is 1. The maximum absolute atomic E-state index is 3.65. The summed E-state index contributed by atoms with van der Waals surface area (Å²) in [7, 11) is 0. The van der Waals surface area contributed by atoms with Gasteiger partial charge in [0.25, 0.3) is 0 Å². The molecule has 0 heterocycles. The molecule has 2 rings (SSSR count). The second-order valence-electron chi connectivity index (χ2n) is 5.32. The molecule has 1 atom stereocenters. The molecule has 2 heteroatoms. The molecule has 0 saturated heterocycles. The average Bonchev–Trinajstić information content (AvgIpc) is 2.24. The summed E-state index contributed by atoms with van der Waals surface area (Å²) in [6.07, 6.45) is 4.17. The Morgan fingerprint density at radius 3 is 2.44 bits per heavy atom. The molecule has 88 valence electrons. The molecule has 1 fully saturated rings. The van der Waals surface area contributed by atoms with E-state index in [1.807, 2.05) is 0 Å². The summed E-state index contributed by atoms with van der Waals surface area (Å²) in [5, 5.41) is 3.65. The number of benzene rings is 1. The molecule has 1 N–H and O–H groups in total. The molecule has 0 amide bonds. The fraction of sp³-hybridized carbons (Fsp3) is 0.571. The Hall–Kier alpha value is -0.340. The van der Waals surface area contributed by atoms with E-state index in [9.17, 15) is 0 Å². The van der Waals surface area contributed by atoms with E-state index >= 15 is 0 Å². The maximum Gasteiger partial charge on any atom is 0.0292 e. The van der Waals surface area contributed by atoms with Crippen molar-refractivity contribution >= 4 is 15.9 Å². The van der Waals surface area contributed by atoms with Crippen molar-refractivity contribution in [1.29, 1.82) is 0 Å². The molecule has 0 aromatic heterocycles. The van der Waals surface area contributed by atoms with Gasteiger partial charge in [-0.1, -0.05) is 41.4 Å². The Bertz CT molecular complexity index is 340. The summed E-state index contributed by atoms with van der Waals surface area (Å²) < 4.78 is 1.15. The number of rotatable bonds is 4. The van der Waals surface area contributed by atoms with Crippen LogP contribution in [0.25, 0.3) is 0 Å². The minimum atomic E-state index is 0.450. The van der Waals surface area contributed by atoms with Gasteiger partial charge < -0.3 is 5.32 Å². The van der Waals surface area contributed by atoms with Gasteiger partial charge in [-0.3, -0.25) is 0 Å². The maximum atomic E-state index is 3.65. The minimum absolute atomic E-state index is 0.450. The molecule has 1 aliphatic rings. The van der Waals surface area contributed by atoms with Crippen molar-refractivity contribution < 1.29 is 0 Å². The van der Waals surface area contributed by atoms with Crippen LogP contribution in [0.4, 0.5) is 0 Å². The molecule has 0 spiro atoms. The monoisotopic (exact) mass is 281 g/mol. The lowest BCUT2D eigenvalue weighted by molar-refractivity contribution is 0.152. The lowest BCUT2D eigenvalue weighted by atomic mass is 9.70. The van der Waals surface area contributed by atoms with Crippen LogP contribution < -0.4 is 5.32 Å². The van der Waals surface area contributed by atoms with Gasteiger partial charge >= 0.3 is 0 Å². The molecule has 1 aliphatic carbocycles. The van der Waals surface area contributed by atoms with Crippen molar-refractivity contribution in [2.24, 2.45) is 5.41 Å². The van der Waals surface area contributed by atoms with Gasteiger partial charge in [0.05, 0.1) is 0 Å². The zero-order chi connectivity index (χ0) is 11.6. The first-order valence-electron chi connectivity index (χ1n) is 6.08. The van der Waals surface area contributed by atoms with Crippen LogP contribution in [0.1, 0.15) is 44.7 Å². The van der Waals surface area contributed by atoms with Crippen LogP contribution >= 0.6 is 15.9 Å². The fourth-order valence-electron chi connectivity index (χ4n) is 2.23. The highest BCUT2D eigenvalue weighted by atomic mass is 79.9. The third-order valence-electron chi connectivity index (χ3n) is 3.77. The molecule has 0 radical (unpaired) electrons. The molecule has 1 nitrogen and oxygen atoms in total. The first-order chi connectivity index (χ1) is 7.59. The number of hydrogen-bond acceptors (Lipinski definition) is 1. The summed E-state index contributed by atoms with van der Waals surface area (Å²) in [6, 6.07) is 9.04. The summed E-state index contributed by atoms with van der Waals surface area (Å²) in [4.78, 5) is 0. The molecule has 16 heavy (non-hydrogen) atoms. The lowest BCUT2D eigenvalue weighted by Crippen LogP contribution is -2.38. The van der Waals surface area contributed by atoms with Crippen molar-refractivity contribution in [3.8, 4) is 0 Å². The predicted molar refractivity (Wildman–Crippen MR) is 72.5 cm³/mol. The summed E-state index contributed by atoms with van der Waals surface area (Å²) >= 11 is 3.47. The van der Waals surface area contributed by atoms with Crippen LogP contribution in [0, 0.1) is 5.41 Å². The van der Waals surface area contributed by atoms with Crippen molar-refractivity contribution in [1.82, 2.24) is 5.32 Å². The van der Waals surface area contributed by atoms with Crippen molar-refractivity contribution in [2.75, 3.05) is 6.54 Å². The summed E-state index contributed by atoms with van der Waals surface area (Å²) in [6.45, 7) is 5.77. The molecule has 0 bridgehead atoms. The summed E-state index contributed by atoms with van der Waals surface area (Å²) in [5.41, 5.74) is 1.93. The lowest BCUT2D eigenvalue weighted by Gasteiger charge is -2.39. The topological polar surface area (TPSA) is 12.0 Å². The molecular weight excluding hydrogens is 262 g/mol. The van der Waals surface area contributed by atoms with Crippen LogP contribution in [0.15, 0.2) is 28.7 Å². The van der Waals surface area contributed by atoms with E-state index in [4.69, 9.17) is 0 Å². The van der Waals surface area contributed by atoms with E-state index in [2.05, 4.69) is 59.4 Å². The second kappa shape index (κ2) is 4.89. The van der Waals surface area contributed by atoms with Gasteiger partial charge in [-0.2, -0.15) is 0 Å². The Morgan fingerprint density at radius 2 is 1.94 bits per heavy atom. The minimum Gasteiger partial charge on any atom is -0.310 e. The number of nitrogens with one attached hydrogen (secondary N) is 1. The Labute approximate surface area is 107 Å². The van der Waals surface area contributed by atoms with Gasteiger partial charge in [-0.25, -0.2) is 0 Å². The van der Waals surface area contributed by atoms with Crippen LogP contribution in [-0.2, 0) is 0 Å². The van der Waals surface area contributed by atoms with Crippen molar-refractivity contribution in [2.45, 2.75) is 39.2 Å². The zero-order valence-corrected chi connectivity index (χ0v) is 11.7. The van der Waals surface area contributed by atoms with Crippen LogP contribution in [-0.4, -0.2) is 6.54 Å². The largest absolute Gasteiger partial charge is 0.310 e. The van der Waals surface area contributed by atoms with Gasteiger partial charge in [0.2, 0.25) is 0 Å². The first-order valence-corrected chi connectivity index (χ1v) is 6.87. The first kappa shape index (κ1) is 12.1. The molecule has 0 aliphatic heterocycles. The van der Waals surface area contributed by atoms with E-state index in [1.54, 1.807) is 0 Å². The Balaban J connectivity index is 1.87. The highest BCUT2D eigenvalue weighted by Gasteiger charge is 2.31. The average molecular weight is 282 g/mol. The standard InChI is InChI=1S/C14H20BrN/c1-11(12-4-6-13(15)7-5-12)16-10-14(2)8-3-9-14/h4-7,11,16H,3,8-10H2,1-2H3. The van der Waals surface area contributed by atoms with Crippen molar-refractivity contribution in [3.05, 3.63) is 34.3 Å². The van der Waals surface area contributed by atoms with Crippen LogP contribution in [0.5, 0.6) is 0 Å². The predicted octanol–water partition coefficient (Wildman–Crippen LogP) is 4.29. The summed E-state index contributed by atoms with van der Waals surface area (Å²) in [5.74, 6) is 0. The Kier molecular flexibility index (Phi) is 3.70. The van der Waals surface area contributed by atoms with Gasteiger partial charge in [0.15, 0.2) is 0 Å². The van der Waals surface area contributed by atoms with Gasteiger partial charge in [-0.15, -0.1) is 0 Å². The molecule has 1 aromatic carbocycles. The van der Waals surface area contributed by atoms with Gasteiger partial charge in [0.1, 0.15) is 0 Å². The number of hydrogen-bond donors (Lipinski definition) is 1. The molecule has 1 saturated carbocycles. The van der Waals surface area contributed by atoms with E-state index in [0.717, 1.165) is 11.0 Å². The van der Waals surface area contributed by atoms with Crippen LogP contribution in [0.3, 0.4) is 0 Å². The van der Waals surface area contributed by atoms with E-state index in [1.165, 1.54) is 24.8 Å². The van der Waals surface area contributed by atoms with E-state index in [0.29, 0.717) is 11.5 Å². The van der Waals surface area contributed by atoms with Gasteiger partial charge in [-0.05, 0) is 42.9 Å². The fourth-order valence-corrected chi connectivity index (χ4v) is 2.49. The third-order valence-corrected chi connectivity index (χ3v) is 4.29. The SMILES string of the molecule is CC(NCC1(C)CCC1)c1ccc(Br)cc1. The normalized spacial score (nSPS) is 20.2. The zero-order valence-electron chi connectivity index (χ0n) is 10.1. The smallest absolute Gasteiger partial charge is 0.0292 e. The quantitative estimate of drug-likeness (QED) is 0.868. The van der Waals surface area contributed by atoms with E-state index in [-0.39, 0.29) is 0 Å². The Morgan fingerprint density at radius 1 is 1.31 bits per heavy atom. The van der Waals surface area contributed by atoms with E-state index < -0.39 is 0 Å². The van der Waals surface area contributed by atoms with Crippen LogP contribution in [0.2, 0.25) is 0 Å². The second-order valence-corrected chi connectivity index (χ2v) is 6.23. The molecule has 1 unspecified atom stereocenters. The van der Waals surface area contributed by atoms with Gasteiger partial charge in [0, 0.05) is 17.1 Å². The highest BCUT2D eigenvalue weighted by molar-refractivity contribution is 9.10.